The minimum atomic E-state index is -0.881. The van der Waals surface area contributed by atoms with Gasteiger partial charge in [-0.1, -0.05) is 24.3 Å². The standard InChI is InChI=1S/C13H18O4/c1-9(13(15)17-3)12(14)11-7-5-4-6-10(11)8-16-2/h4-7,9,12,14H,8H2,1-3H3. The maximum Gasteiger partial charge on any atom is 0.311 e. The van der Waals surface area contributed by atoms with E-state index < -0.39 is 18.0 Å². The van der Waals surface area contributed by atoms with Crippen molar-refractivity contribution in [3.05, 3.63) is 35.4 Å². The molecule has 0 aliphatic carbocycles. The Hall–Kier alpha value is -1.39. The van der Waals surface area contributed by atoms with Crippen molar-refractivity contribution in [1.29, 1.82) is 0 Å². The van der Waals surface area contributed by atoms with Gasteiger partial charge in [-0.05, 0) is 18.1 Å². The average molecular weight is 238 g/mol. The van der Waals surface area contributed by atoms with Gasteiger partial charge in [0.2, 0.25) is 0 Å². The summed E-state index contributed by atoms with van der Waals surface area (Å²) in [4.78, 5) is 11.4. The van der Waals surface area contributed by atoms with Crippen LogP contribution in [0.2, 0.25) is 0 Å². The molecule has 1 aromatic rings. The number of rotatable bonds is 5. The lowest BCUT2D eigenvalue weighted by molar-refractivity contribution is -0.148. The lowest BCUT2D eigenvalue weighted by Crippen LogP contribution is -2.21. The van der Waals surface area contributed by atoms with Crippen LogP contribution in [0.4, 0.5) is 0 Å². The summed E-state index contributed by atoms with van der Waals surface area (Å²) in [5, 5.41) is 10.1. The molecule has 1 rings (SSSR count). The van der Waals surface area contributed by atoms with Gasteiger partial charge in [-0.25, -0.2) is 0 Å². The Kier molecular flexibility index (Phi) is 5.12. The summed E-state index contributed by atoms with van der Waals surface area (Å²) in [5.74, 6) is -1.03. The van der Waals surface area contributed by atoms with Crippen molar-refractivity contribution in [2.24, 2.45) is 5.92 Å². The summed E-state index contributed by atoms with van der Waals surface area (Å²) in [5.41, 5.74) is 1.57. The molecule has 0 heterocycles. The molecule has 4 heteroatoms. The summed E-state index contributed by atoms with van der Waals surface area (Å²) in [7, 11) is 2.90. The predicted molar refractivity (Wildman–Crippen MR) is 63.3 cm³/mol. The Morgan fingerprint density at radius 2 is 2.00 bits per heavy atom. The topological polar surface area (TPSA) is 55.8 Å². The van der Waals surface area contributed by atoms with Crippen LogP contribution in [0.3, 0.4) is 0 Å². The van der Waals surface area contributed by atoms with Crippen molar-refractivity contribution in [3.63, 3.8) is 0 Å². The molecule has 2 unspecified atom stereocenters. The summed E-state index contributed by atoms with van der Waals surface area (Å²) in [6.07, 6.45) is -0.881. The van der Waals surface area contributed by atoms with Crippen LogP contribution < -0.4 is 0 Å². The number of carbonyl (C=O) groups is 1. The van der Waals surface area contributed by atoms with Crippen LogP contribution in [0.15, 0.2) is 24.3 Å². The third-order valence-electron chi connectivity index (χ3n) is 2.72. The lowest BCUT2D eigenvalue weighted by atomic mass is 9.94. The number of ether oxygens (including phenoxy) is 2. The fraction of sp³-hybridized carbons (Fsp3) is 0.462. The monoisotopic (exact) mass is 238 g/mol. The number of aliphatic hydroxyl groups is 1. The first-order valence-corrected chi connectivity index (χ1v) is 5.44. The molecule has 2 atom stereocenters. The molecule has 1 aromatic carbocycles. The summed E-state index contributed by atoms with van der Waals surface area (Å²) < 4.78 is 9.68. The number of hydrogen-bond acceptors (Lipinski definition) is 4. The van der Waals surface area contributed by atoms with Gasteiger partial charge in [0, 0.05) is 7.11 Å². The highest BCUT2D eigenvalue weighted by molar-refractivity contribution is 5.72. The molecule has 0 fully saturated rings. The van der Waals surface area contributed by atoms with Crippen molar-refractivity contribution in [2.45, 2.75) is 19.6 Å². The van der Waals surface area contributed by atoms with Gasteiger partial charge in [0.25, 0.3) is 0 Å². The largest absolute Gasteiger partial charge is 0.469 e. The number of methoxy groups -OCH3 is 2. The molecule has 0 saturated heterocycles. The second-order valence-electron chi connectivity index (χ2n) is 3.89. The van der Waals surface area contributed by atoms with Crippen molar-refractivity contribution < 1.29 is 19.4 Å². The van der Waals surface area contributed by atoms with E-state index in [9.17, 15) is 9.90 Å². The molecule has 0 aliphatic heterocycles. The van der Waals surface area contributed by atoms with Crippen molar-refractivity contribution in [3.8, 4) is 0 Å². The summed E-state index contributed by atoms with van der Waals surface area (Å²) in [6, 6.07) is 7.35. The molecule has 0 aliphatic rings. The third kappa shape index (κ3) is 3.28. The number of esters is 1. The number of carbonyl (C=O) groups excluding carboxylic acids is 1. The molecule has 0 bridgehead atoms. The molecular weight excluding hydrogens is 220 g/mol. The highest BCUT2D eigenvalue weighted by Crippen LogP contribution is 2.26. The highest BCUT2D eigenvalue weighted by Gasteiger charge is 2.25. The Labute approximate surface area is 101 Å². The van der Waals surface area contributed by atoms with E-state index in [4.69, 9.17) is 4.74 Å². The van der Waals surface area contributed by atoms with Gasteiger partial charge in [0.15, 0.2) is 0 Å². The Balaban J connectivity index is 2.94. The lowest BCUT2D eigenvalue weighted by Gasteiger charge is -2.19. The number of hydrogen-bond donors (Lipinski definition) is 1. The fourth-order valence-electron chi connectivity index (χ4n) is 1.69. The summed E-state index contributed by atoms with van der Waals surface area (Å²) >= 11 is 0. The molecule has 0 saturated carbocycles. The highest BCUT2D eigenvalue weighted by atomic mass is 16.5. The van der Waals surface area contributed by atoms with E-state index in [1.54, 1.807) is 20.1 Å². The summed E-state index contributed by atoms with van der Waals surface area (Å²) in [6.45, 7) is 2.04. The van der Waals surface area contributed by atoms with Gasteiger partial charge < -0.3 is 14.6 Å². The van der Waals surface area contributed by atoms with Gasteiger partial charge >= 0.3 is 5.97 Å². The van der Waals surface area contributed by atoms with E-state index in [0.717, 1.165) is 5.56 Å². The molecule has 0 radical (unpaired) electrons. The van der Waals surface area contributed by atoms with Crippen LogP contribution in [0.1, 0.15) is 24.2 Å². The zero-order valence-corrected chi connectivity index (χ0v) is 10.3. The minimum absolute atomic E-state index is 0.404. The minimum Gasteiger partial charge on any atom is -0.469 e. The fourth-order valence-corrected chi connectivity index (χ4v) is 1.69. The van der Waals surface area contributed by atoms with Crippen molar-refractivity contribution in [1.82, 2.24) is 0 Å². The second-order valence-corrected chi connectivity index (χ2v) is 3.89. The second kappa shape index (κ2) is 6.37. The van der Waals surface area contributed by atoms with Gasteiger partial charge in [-0.2, -0.15) is 0 Å². The van der Waals surface area contributed by atoms with Crippen LogP contribution in [-0.4, -0.2) is 25.3 Å². The molecular formula is C13H18O4. The number of benzene rings is 1. The third-order valence-corrected chi connectivity index (χ3v) is 2.72. The quantitative estimate of drug-likeness (QED) is 0.793. The Morgan fingerprint density at radius 3 is 2.59 bits per heavy atom. The van der Waals surface area contributed by atoms with E-state index in [0.29, 0.717) is 12.2 Å². The maximum atomic E-state index is 11.4. The first kappa shape index (κ1) is 13.7. The molecule has 0 amide bonds. The van der Waals surface area contributed by atoms with E-state index in [-0.39, 0.29) is 0 Å². The molecule has 17 heavy (non-hydrogen) atoms. The van der Waals surface area contributed by atoms with Gasteiger partial charge in [-0.3, -0.25) is 4.79 Å². The van der Waals surface area contributed by atoms with E-state index in [1.165, 1.54) is 7.11 Å². The van der Waals surface area contributed by atoms with Crippen LogP contribution in [0.25, 0.3) is 0 Å². The van der Waals surface area contributed by atoms with E-state index in [1.807, 2.05) is 18.2 Å². The van der Waals surface area contributed by atoms with Crippen LogP contribution in [0, 0.1) is 5.92 Å². The predicted octanol–water partition coefficient (Wildman–Crippen LogP) is 1.68. The smallest absolute Gasteiger partial charge is 0.311 e. The molecule has 0 aromatic heterocycles. The SMILES string of the molecule is COCc1ccccc1C(O)C(C)C(=O)OC. The maximum absolute atomic E-state index is 11.4. The van der Waals surface area contributed by atoms with Crippen molar-refractivity contribution in [2.75, 3.05) is 14.2 Å². The molecule has 1 N–H and O–H groups in total. The Morgan fingerprint density at radius 1 is 1.35 bits per heavy atom. The van der Waals surface area contributed by atoms with Gasteiger partial charge in [0.05, 0.1) is 25.7 Å². The van der Waals surface area contributed by atoms with E-state index >= 15 is 0 Å². The Bertz CT molecular complexity index is 375. The normalized spacial score (nSPS) is 14.1. The van der Waals surface area contributed by atoms with Gasteiger partial charge in [-0.15, -0.1) is 0 Å². The zero-order chi connectivity index (χ0) is 12.8. The number of aliphatic hydroxyl groups excluding tert-OH is 1. The molecule has 94 valence electrons. The van der Waals surface area contributed by atoms with Crippen LogP contribution >= 0.6 is 0 Å². The van der Waals surface area contributed by atoms with Crippen molar-refractivity contribution >= 4 is 5.97 Å². The first-order valence-electron chi connectivity index (χ1n) is 5.44. The van der Waals surface area contributed by atoms with Gasteiger partial charge in [0.1, 0.15) is 0 Å². The average Bonchev–Trinajstić information content (AvgIpc) is 2.37. The molecule has 0 spiro atoms. The van der Waals surface area contributed by atoms with E-state index in [2.05, 4.69) is 4.74 Å². The van der Waals surface area contributed by atoms with Crippen LogP contribution in [-0.2, 0) is 20.9 Å². The molecule has 4 nitrogen and oxygen atoms in total. The zero-order valence-electron chi connectivity index (χ0n) is 10.3. The first-order chi connectivity index (χ1) is 8.11. The van der Waals surface area contributed by atoms with Crippen LogP contribution in [0.5, 0.6) is 0 Å².